The molecule has 2 atom stereocenters. The fraction of sp³-hybridized carbons (Fsp3) is 0.800. The number of carbonyl (C=O) groups excluding carboxylic acids is 2. The first-order valence-electron chi connectivity index (χ1n) is 4.66. The summed E-state index contributed by atoms with van der Waals surface area (Å²) >= 11 is 0. The van der Waals surface area contributed by atoms with Gasteiger partial charge < -0.3 is 0 Å². The number of carbonyl (C=O) groups is 2. The molecule has 0 spiro atoms. The van der Waals surface area contributed by atoms with Gasteiger partial charge in [-0.15, -0.1) is 0 Å². The van der Waals surface area contributed by atoms with Gasteiger partial charge in [-0.3, -0.25) is 9.59 Å². The molecule has 2 aliphatic carbocycles. The van der Waals surface area contributed by atoms with Crippen molar-refractivity contribution in [3.63, 3.8) is 0 Å². The first-order chi connectivity index (χ1) is 5.62. The Morgan fingerprint density at radius 1 is 1.25 bits per heavy atom. The van der Waals surface area contributed by atoms with E-state index in [0.29, 0.717) is 25.0 Å². The molecule has 2 saturated carbocycles. The highest BCUT2D eigenvalue weighted by Crippen LogP contribution is 2.49. The van der Waals surface area contributed by atoms with Gasteiger partial charge >= 0.3 is 0 Å². The molecule has 0 aliphatic heterocycles. The molecular formula is C10H14O2. The van der Waals surface area contributed by atoms with E-state index >= 15 is 0 Å². The third-order valence-corrected chi connectivity index (χ3v) is 3.58. The van der Waals surface area contributed by atoms with Gasteiger partial charge in [-0.2, -0.15) is 0 Å². The summed E-state index contributed by atoms with van der Waals surface area (Å²) in [6.07, 6.45) is 3.86. The maximum atomic E-state index is 11.4. The summed E-state index contributed by atoms with van der Waals surface area (Å²) < 4.78 is 0. The number of fused-ring (bicyclic) bond motifs is 1. The van der Waals surface area contributed by atoms with Crippen molar-refractivity contribution < 1.29 is 9.59 Å². The first kappa shape index (κ1) is 7.96. The van der Waals surface area contributed by atoms with Crippen molar-refractivity contribution >= 4 is 11.6 Å². The van der Waals surface area contributed by atoms with Crippen LogP contribution in [0.1, 0.15) is 39.0 Å². The first-order valence-corrected chi connectivity index (χ1v) is 4.66. The van der Waals surface area contributed by atoms with Crippen LogP contribution in [0.5, 0.6) is 0 Å². The molecule has 2 fully saturated rings. The Balaban J connectivity index is 2.24. The number of hydrogen-bond acceptors (Lipinski definition) is 2. The molecule has 0 aromatic heterocycles. The summed E-state index contributed by atoms with van der Waals surface area (Å²) in [7, 11) is 0. The Kier molecular flexibility index (Phi) is 1.60. The highest BCUT2D eigenvalue weighted by atomic mass is 16.1. The normalized spacial score (nSPS) is 41.6. The predicted octanol–water partition coefficient (Wildman–Crippen LogP) is 1.72. The van der Waals surface area contributed by atoms with Crippen molar-refractivity contribution in [3.8, 4) is 0 Å². The molecule has 0 saturated heterocycles. The van der Waals surface area contributed by atoms with E-state index in [2.05, 4.69) is 6.92 Å². The highest BCUT2D eigenvalue weighted by Gasteiger charge is 2.47. The average Bonchev–Trinajstić information content (AvgIpc) is 2.31. The molecule has 0 amide bonds. The van der Waals surface area contributed by atoms with Crippen LogP contribution in [-0.4, -0.2) is 11.6 Å². The van der Waals surface area contributed by atoms with Crippen LogP contribution in [0.4, 0.5) is 0 Å². The summed E-state index contributed by atoms with van der Waals surface area (Å²) in [4.78, 5) is 22.5. The maximum absolute atomic E-state index is 11.4. The summed E-state index contributed by atoms with van der Waals surface area (Å²) in [5.41, 5.74) is 0.172. The number of hydrogen-bond donors (Lipinski definition) is 0. The molecule has 0 heterocycles. The van der Waals surface area contributed by atoms with Gasteiger partial charge in [-0.1, -0.05) is 6.92 Å². The largest absolute Gasteiger partial charge is 0.300 e. The van der Waals surface area contributed by atoms with Crippen molar-refractivity contribution in [2.75, 3.05) is 0 Å². The quantitative estimate of drug-likeness (QED) is 0.549. The van der Waals surface area contributed by atoms with Gasteiger partial charge in [0.15, 0.2) is 0 Å². The standard InChI is InChI=1S/C10H14O2/c1-10-4-2-7(11)6-8(10)9(12)3-5-10/h8H,2-6H2,1H3/t8-,10+/m1/s1. The van der Waals surface area contributed by atoms with Gasteiger partial charge in [-0.25, -0.2) is 0 Å². The van der Waals surface area contributed by atoms with Gasteiger partial charge in [-0.05, 0) is 18.3 Å². The second-order valence-corrected chi connectivity index (χ2v) is 4.42. The van der Waals surface area contributed by atoms with Crippen molar-refractivity contribution in [1.82, 2.24) is 0 Å². The lowest BCUT2D eigenvalue weighted by atomic mass is 9.69. The van der Waals surface area contributed by atoms with E-state index in [9.17, 15) is 9.59 Å². The van der Waals surface area contributed by atoms with E-state index in [1.807, 2.05) is 0 Å². The minimum atomic E-state index is 0.0683. The SMILES string of the molecule is C[C@@]12CCC(=O)C[C@@H]1C(=O)CC2. The Bertz CT molecular complexity index is 244. The fourth-order valence-electron chi connectivity index (χ4n) is 2.56. The molecule has 2 aliphatic rings. The molecular weight excluding hydrogens is 152 g/mol. The van der Waals surface area contributed by atoms with Crippen LogP contribution in [-0.2, 0) is 9.59 Å². The van der Waals surface area contributed by atoms with Gasteiger partial charge in [0.05, 0.1) is 0 Å². The molecule has 0 aromatic rings. The zero-order chi connectivity index (χ0) is 8.77. The highest BCUT2D eigenvalue weighted by molar-refractivity contribution is 5.91. The Morgan fingerprint density at radius 2 is 1.92 bits per heavy atom. The van der Waals surface area contributed by atoms with Crippen molar-refractivity contribution in [3.05, 3.63) is 0 Å². The molecule has 0 aromatic carbocycles. The topological polar surface area (TPSA) is 34.1 Å². The van der Waals surface area contributed by atoms with Crippen LogP contribution in [0, 0.1) is 11.3 Å². The number of rotatable bonds is 0. The van der Waals surface area contributed by atoms with E-state index in [0.717, 1.165) is 12.8 Å². The molecule has 66 valence electrons. The maximum Gasteiger partial charge on any atom is 0.136 e. The minimum Gasteiger partial charge on any atom is -0.300 e. The second-order valence-electron chi connectivity index (χ2n) is 4.42. The Labute approximate surface area is 72.3 Å². The van der Waals surface area contributed by atoms with Gasteiger partial charge in [0.2, 0.25) is 0 Å². The zero-order valence-electron chi connectivity index (χ0n) is 7.43. The summed E-state index contributed by atoms with van der Waals surface area (Å²) in [5, 5.41) is 0. The van der Waals surface area contributed by atoms with E-state index in [1.54, 1.807) is 0 Å². The van der Waals surface area contributed by atoms with Crippen molar-refractivity contribution in [2.45, 2.75) is 39.0 Å². The third kappa shape index (κ3) is 1.01. The number of ketones is 2. The van der Waals surface area contributed by atoms with Crippen molar-refractivity contribution in [2.24, 2.45) is 11.3 Å². The molecule has 12 heavy (non-hydrogen) atoms. The van der Waals surface area contributed by atoms with E-state index in [1.165, 1.54) is 0 Å². The summed E-state index contributed by atoms with van der Waals surface area (Å²) in [6, 6.07) is 0. The molecule has 2 nitrogen and oxygen atoms in total. The van der Waals surface area contributed by atoms with E-state index in [-0.39, 0.29) is 17.1 Å². The molecule has 0 bridgehead atoms. The van der Waals surface area contributed by atoms with Crippen LogP contribution in [0.15, 0.2) is 0 Å². The zero-order valence-corrected chi connectivity index (χ0v) is 7.43. The Morgan fingerprint density at radius 3 is 2.67 bits per heavy atom. The molecule has 0 N–H and O–H groups in total. The molecule has 0 unspecified atom stereocenters. The second kappa shape index (κ2) is 2.41. The van der Waals surface area contributed by atoms with Crippen LogP contribution in [0.25, 0.3) is 0 Å². The lowest BCUT2D eigenvalue weighted by Gasteiger charge is -2.33. The Hall–Kier alpha value is -0.660. The average molecular weight is 166 g/mol. The van der Waals surface area contributed by atoms with Crippen LogP contribution in [0.3, 0.4) is 0 Å². The summed E-state index contributed by atoms with van der Waals surface area (Å²) in [6.45, 7) is 2.16. The van der Waals surface area contributed by atoms with Gasteiger partial charge in [0.25, 0.3) is 0 Å². The van der Waals surface area contributed by atoms with Crippen LogP contribution >= 0.6 is 0 Å². The van der Waals surface area contributed by atoms with Crippen LogP contribution in [0.2, 0.25) is 0 Å². The number of Topliss-reactive ketones (excluding diaryl/α,β-unsaturated/α-hetero) is 2. The molecule has 2 rings (SSSR count). The van der Waals surface area contributed by atoms with Crippen LogP contribution < -0.4 is 0 Å². The predicted molar refractivity (Wildman–Crippen MR) is 44.7 cm³/mol. The van der Waals surface area contributed by atoms with Gasteiger partial charge in [0, 0.05) is 25.2 Å². The molecule has 0 radical (unpaired) electrons. The smallest absolute Gasteiger partial charge is 0.136 e. The van der Waals surface area contributed by atoms with Gasteiger partial charge in [0.1, 0.15) is 11.6 Å². The lowest BCUT2D eigenvalue weighted by molar-refractivity contribution is -0.131. The lowest BCUT2D eigenvalue weighted by Crippen LogP contribution is -2.33. The van der Waals surface area contributed by atoms with E-state index < -0.39 is 0 Å². The molecule has 2 heteroatoms. The monoisotopic (exact) mass is 166 g/mol. The fourth-order valence-corrected chi connectivity index (χ4v) is 2.56. The third-order valence-electron chi connectivity index (χ3n) is 3.58. The minimum absolute atomic E-state index is 0.0683. The van der Waals surface area contributed by atoms with E-state index in [4.69, 9.17) is 0 Å². The summed E-state index contributed by atoms with van der Waals surface area (Å²) in [5.74, 6) is 0.678. The van der Waals surface area contributed by atoms with Crippen molar-refractivity contribution in [1.29, 1.82) is 0 Å².